The van der Waals surface area contributed by atoms with E-state index in [0.717, 1.165) is 0 Å². The topological polar surface area (TPSA) is 248 Å². The number of likely N-dealkylation sites (tertiary alicyclic amines) is 1. The summed E-state index contributed by atoms with van der Waals surface area (Å²) >= 11 is 0. The van der Waals surface area contributed by atoms with Crippen LogP contribution in [0.3, 0.4) is 0 Å². The molecule has 0 aliphatic carbocycles. The van der Waals surface area contributed by atoms with Crippen molar-refractivity contribution in [2.24, 2.45) is 17.2 Å². The molecule has 14 heteroatoms. The zero-order valence-corrected chi connectivity index (χ0v) is 16.8. The summed E-state index contributed by atoms with van der Waals surface area (Å²) in [7, 11) is 0. The maximum absolute atomic E-state index is 12.7. The van der Waals surface area contributed by atoms with Crippen molar-refractivity contribution < 1.29 is 39.0 Å². The molecule has 31 heavy (non-hydrogen) atoms. The maximum atomic E-state index is 12.7. The third-order valence-electron chi connectivity index (χ3n) is 4.68. The van der Waals surface area contributed by atoms with Crippen LogP contribution in [0, 0.1) is 0 Å². The van der Waals surface area contributed by atoms with Crippen LogP contribution in [0.1, 0.15) is 32.1 Å². The number of rotatable bonds is 12. The van der Waals surface area contributed by atoms with Crippen LogP contribution in [0.25, 0.3) is 0 Å². The molecule has 0 aromatic carbocycles. The molecular formula is C17H28N6O8. The molecule has 1 aliphatic rings. The van der Waals surface area contributed by atoms with Crippen molar-refractivity contribution in [1.82, 2.24) is 15.5 Å². The fourth-order valence-electron chi connectivity index (χ4n) is 3.09. The van der Waals surface area contributed by atoms with Crippen LogP contribution in [-0.4, -0.2) is 87.9 Å². The monoisotopic (exact) mass is 444 g/mol. The number of aliphatic hydroxyl groups excluding tert-OH is 1. The first-order valence-corrected chi connectivity index (χ1v) is 9.55. The summed E-state index contributed by atoms with van der Waals surface area (Å²) in [5, 5.41) is 22.7. The molecule has 4 unspecified atom stereocenters. The maximum Gasteiger partial charge on any atom is 0.326 e. The van der Waals surface area contributed by atoms with Crippen molar-refractivity contribution in [3.05, 3.63) is 0 Å². The SMILES string of the molecule is NC(=O)CCC(NC(=O)C1CCCN1C(=O)C(N)CO)C(=O)NC(CC(N)=O)C(=O)O. The number of carbonyl (C=O) groups excluding carboxylic acids is 5. The van der Waals surface area contributed by atoms with E-state index >= 15 is 0 Å². The van der Waals surface area contributed by atoms with Crippen LogP contribution in [-0.2, 0) is 28.8 Å². The van der Waals surface area contributed by atoms with Gasteiger partial charge in [0.15, 0.2) is 0 Å². The molecule has 1 aliphatic heterocycles. The Bertz CT molecular complexity index is 729. The fourth-order valence-corrected chi connectivity index (χ4v) is 3.09. The van der Waals surface area contributed by atoms with Gasteiger partial charge in [0.1, 0.15) is 24.2 Å². The van der Waals surface area contributed by atoms with Gasteiger partial charge in [0, 0.05) is 13.0 Å². The molecule has 0 saturated carbocycles. The summed E-state index contributed by atoms with van der Waals surface area (Å²) in [6.45, 7) is -0.383. The first-order valence-electron chi connectivity index (χ1n) is 9.55. The number of aliphatic hydroxyl groups is 1. The lowest BCUT2D eigenvalue weighted by atomic mass is 10.1. The highest BCUT2D eigenvalue weighted by Crippen LogP contribution is 2.19. The van der Waals surface area contributed by atoms with E-state index in [2.05, 4.69) is 10.6 Å². The van der Waals surface area contributed by atoms with Crippen molar-refractivity contribution in [1.29, 1.82) is 0 Å². The summed E-state index contributed by atoms with van der Waals surface area (Å²) in [6, 6.07) is -5.16. The average molecular weight is 444 g/mol. The molecule has 0 bridgehead atoms. The third-order valence-corrected chi connectivity index (χ3v) is 4.68. The predicted octanol–water partition coefficient (Wildman–Crippen LogP) is -4.51. The van der Waals surface area contributed by atoms with Gasteiger partial charge in [0.25, 0.3) is 0 Å². The molecule has 0 aromatic heterocycles. The van der Waals surface area contributed by atoms with Gasteiger partial charge in [-0.25, -0.2) is 4.79 Å². The number of nitrogens with zero attached hydrogens (tertiary/aromatic N) is 1. The van der Waals surface area contributed by atoms with Gasteiger partial charge in [-0.1, -0.05) is 0 Å². The summed E-state index contributed by atoms with van der Waals surface area (Å²) in [5.41, 5.74) is 15.6. The molecule has 0 spiro atoms. The predicted molar refractivity (Wildman–Crippen MR) is 104 cm³/mol. The summed E-state index contributed by atoms with van der Waals surface area (Å²) in [4.78, 5) is 72.1. The van der Waals surface area contributed by atoms with E-state index in [4.69, 9.17) is 27.4 Å². The first-order chi connectivity index (χ1) is 14.5. The number of hydrogen-bond donors (Lipinski definition) is 7. The normalized spacial score (nSPS) is 18.5. The van der Waals surface area contributed by atoms with Crippen molar-refractivity contribution >= 4 is 35.5 Å². The smallest absolute Gasteiger partial charge is 0.326 e. The quantitative estimate of drug-likeness (QED) is 0.153. The number of hydrogen-bond acceptors (Lipinski definition) is 8. The number of carboxylic acid groups (broad SMARTS) is 1. The Balaban J connectivity index is 2.94. The van der Waals surface area contributed by atoms with E-state index in [0.29, 0.717) is 6.42 Å². The first kappa shape index (κ1) is 25.8. The van der Waals surface area contributed by atoms with Gasteiger partial charge in [0.2, 0.25) is 29.5 Å². The number of primary amides is 2. The van der Waals surface area contributed by atoms with Gasteiger partial charge >= 0.3 is 5.97 Å². The summed E-state index contributed by atoms with van der Waals surface area (Å²) < 4.78 is 0. The standard InChI is InChI=1S/C17H28N6O8/c18-8(7-24)16(29)23-5-1-2-11(23)15(28)21-9(3-4-12(19)25)14(27)22-10(17(30)31)6-13(20)26/h8-11,24H,1-7,18H2,(H2,19,25)(H2,20,26)(H,21,28)(H,22,27)(H,30,31). The Morgan fingerprint density at radius 3 is 2.19 bits per heavy atom. The van der Waals surface area contributed by atoms with Crippen molar-refractivity contribution in [3.63, 3.8) is 0 Å². The van der Waals surface area contributed by atoms with E-state index in [-0.39, 0.29) is 25.8 Å². The van der Waals surface area contributed by atoms with Gasteiger partial charge < -0.3 is 42.9 Å². The number of carbonyl (C=O) groups is 6. The zero-order chi connectivity index (χ0) is 23.7. The Morgan fingerprint density at radius 2 is 1.68 bits per heavy atom. The molecule has 1 rings (SSSR count). The molecule has 1 heterocycles. The van der Waals surface area contributed by atoms with Gasteiger partial charge in [-0.3, -0.25) is 24.0 Å². The van der Waals surface area contributed by atoms with Crippen molar-refractivity contribution in [2.75, 3.05) is 13.2 Å². The lowest BCUT2D eigenvalue weighted by Crippen LogP contribution is -2.57. The highest BCUT2D eigenvalue weighted by molar-refractivity contribution is 5.95. The van der Waals surface area contributed by atoms with Gasteiger partial charge in [0.05, 0.1) is 13.0 Å². The van der Waals surface area contributed by atoms with E-state index in [1.54, 1.807) is 0 Å². The van der Waals surface area contributed by atoms with Crippen LogP contribution in [0.2, 0.25) is 0 Å². The van der Waals surface area contributed by atoms with E-state index in [1.165, 1.54) is 4.90 Å². The minimum Gasteiger partial charge on any atom is -0.480 e. The molecule has 1 saturated heterocycles. The van der Waals surface area contributed by atoms with E-state index in [1.807, 2.05) is 0 Å². The molecule has 0 aromatic rings. The Labute approximate surface area is 177 Å². The minimum absolute atomic E-state index is 0.225. The summed E-state index contributed by atoms with van der Waals surface area (Å²) in [5.74, 6) is -5.56. The van der Waals surface area contributed by atoms with Crippen LogP contribution < -0.4 is 27.8 Å². The molecule has 10 N–H and O–H groups in total. The number of aliphatic carboxylic acids is 1. The van der Waals surface area contributed by atoms with Gasteiger partial charge in [-0.15, -0.1) is 0 Å². The van der Waals surface area contributed by atoms with Gasteiger partial charge in [-0.2, -0.15) is 0 Å². The number of amides is 5. The Hall–Kier alpha value is -3.26. The van der Waals surface area contributed by atoms with E-state index < -0.39 is 72.7 Å². The van der Waals surface area contributed by atoms with E-state index in [9.17, 15) is 28.8 Å². The second kappa shape index (κ2) is 11.8. The van der Waals surface area contributed by atoms with Gasteiger partial charge in [-0.05, 0) is 19.3 Å². The number of carboxylic acids is 1. The highest BCUT2D eigenvalue weighted by Gasteiger charge is 2.37. The molecular weight excluding hydrogens is 416 g/mol. The Kier molecular flexibility index (Phi) is 9.82. The lowest BCUT2D eigenvalue weighted by Gasteiger charge is -2.28. The fraction of sp³-hybridized carbons (Fsp3) is 0.647. The van der Waals surface area contributed by atoms with Crippen molar-refractivity contribution in [2.45, 2.75) is 56.3 Å². The van der Waals surface area contributed by atoms with Crippen LogP contribution in [0.15, 0.2) is 0 Å². The number of nitrogens with two attached hydrogens (primary N) is 3. The molecule has 1 fully saturated rings. The van der Waals surface area contributed by atoms with Crippen LogP contribution in [0.4, 0.5) is 0 Å². The summed E-state index contributed by atoms with van der Waals surface area (Å²) in [6.07, 6.45) is -0.456. The second-order valence-electron chi connectivity index (χ2n) is 7.11. The highest BCUT2D eigenvalue weighted by atomic mass is 16.4. The van der Waals surface area contributed by atoms with Crippen LogP contribution in [0.5, 0.6) is 0 Å². The minimum atomic E-state index is -1.63. The molecule has 174 valence electrons. The largest absolute Gasteiger partial charge is 0.480 e. The molecule has 0 radical (unpaired) electrons. The lowest BCUT2D eigenvalue weighted by molar-refractivity contribution is -0.144. The second-order valence-corrected chi connectivity index (χ2v) is 7.11. The average Bonchev–Trinajstić information content (AvgIpc) is 3.18. The van der Waals surface area contributed by atoms with Crippen molar-refractivity contribution in [3.8, 4) is 0 Å². The molecule has 14 nitrogen and oxygen atoms in total. The Morgan fingerprint density at radius 1 is 1.03 bits per heavy atom. The van der Waals surface area contributed by atoms with Crippen LogP contribution >= 0.6 is 0 Å². The molecule has 4 atom stereocenters. The number of nitrogens with one attached hydrogen (secondary N) is 2. The molecule has 5 amide bonds. The zero-order valence-electron chi connectivity index (χ0n) is 16.8. The third kappa shape index (κ3) is 7.82.